The van der Waals surface area contributed by atoms with Crippen LogP contribution in [0.3, 0.4) is 0 Å². The summed E-state index contributed by atoms with van der Waals surface area (Å²) in [5.74, 6) is 0. The number of benzene rings is 2. The molecule has 0 amide bonds. The fourth-order valence-corrected chi connectivity index (χ4v) is 18.6. The zero-order valence-corrected chi connectivity index (χ0v) is 17.8. The van der Waals surface area contributed by atoms with Crippen molar-refractivity contribution < 1.29 is 0 Å². The molecule has 106 valence electrons. The van der Waals surface area contributed by atoms with Gasteiger partial charge in [0.15, 0.2) is 0 Å². The maximum absolute atomic E-state index is 2.36. The Morgan fingerprint density at radius 1 is 0.500 bits per heavy atom. The molecule has 0 heterocycles. The number of aryl methyl sites for hydroxylation is 6. The molecule has 0 aromatic heterocycles. The van der Waals surface area contributed by atoms with E-state index in [-0.39, 0.29) is 34.1 Å². The summed E-state index contributed by atoms with van der Waals surface area (Å²) in [6.45, 7) is 13.6. The molecule has 0 bridgehead atoms. The van der Waals surface area contributed by atoms with Crippen molar-refractivity contribution >= 4 is 41.3 Å². The van der Waals surface area contributed by atoms with Gasteiger partial charge in [-0.15, -0.1) is 0 Å². The van der Waals surface area contributed by atoms with E-state index < -0.39 is 0 Å². The van der Waals surface area contributed by atoms with E-state index >= 15 is 0 Å². The predicted octanol–water partition coefficient (Wildman–Crippen LogP) is 2.81. The van der Waals surface area contributed by atoms with Crippen molar-refractivity contribution in [3.8, 4) is 0 Å². The molecule has 0 atom stereocenters. The van der Waals surface area contributed by atoms with Gasteiger partial charge in [-0.05, 0) is 0 Å². The molecule has 20 heavy (non-hydrogen) atoms. The SMILES string of the molecule is Cc1cc(C)c([Te][Te]c2c(C)cc(C)cc2C)c(C)c1. The van der Waals surface area contributed by atoms with Crippen molar-refractivity contribution in [2.45, 2.75) is 41.5 Å². The third-order valence-electron chi connectivity index (χ3n) is 3.42. The van der Waals surface area contributed by atoms with Crippen molar-refractivity contribution in [2.24, 2.45) is 0 Å². The third kappa shape index (κ3) is 3.81. The Labute approximate surface area is 139 Å². The third-order valence-corrected chi connectivity index (χ3v) is 16.3. The summed E-state index contributed by atoms with van der Waals surface area (Å²) in [6, 6.07) is 9.42. The van der Waals surface area contributed by atoms with Crippen molar-refractivity contribution in [1.29, 1.82) is 0 Å². The van der Waals surface area contributed by atoms with Gasteiger partial charge < -0.3 is 0 Å². The molecule has 0 unspecified atom stereocenters. The summed E-state index contributed by atoms with van der Waals surface area (Å²) in [6.07, 6.45) is 0. The first-order valence-electron chi connectivity index (χ1n) is 6.88. The Kier molecular flexibility index (Phi) is 5.62. The molecule has 0 aliphatic heterocycles. The summed E-state index contributed by atoms with van der Waals surface area (Å²) < 4.78 is 3.42. The molecule has 2 aromatic rings. The normalized spacial score (nSPS) is 10.9. The number of hydrogen-bond donors (Lipinski definition) is 0. The van der Waals surface area contributed by atoms with Crippen LogP contribution in [-0.4, -0.2) is 34.1 Å². The van der Waals surface area contributed by atoms with Gasteiger partial charge in [-0.3, -0.25) is 0 Å². The van der Waals surface area contributed by atoms with E-state index in [2.05, 4.69) is 65.8 Å². The van der Waals surface area contributed by atoms with Gasteiger partial charge in [0.05, 0.1) is 0 Å². The summed E-state index contributed by atoms with van der Waals surface area (Å²) in [5.41, 5.74) is 8.91. The molecule has 2 heteroatoms. The molecular formula is C18H22Te2. The standard InChI is InChI=1S/C18H22Te2/c1-11-7-13(3)17(14(4)8-11)19-20-18-15(5)9-12(2)10-16(18)6/h7-10H,1-6H3. The molecule has 0 radical (unpaired) electrons. The molecule has 0 spiro atoms. The quantitative estimate of drug-likeness (QED) is 0.577. The zero-order valence-electron chi connectivity index (χ0n) is 13.1. The monoisotopic (exact) mass is 498 g/mol. The molecule has 2 rings (SSSR count). The van der Waals surface area contributed by atoms with E-state index in [1.807, 2.05) is 0 Å². The summed E-state index contributed by atoms with van der Waals surface area (Å²) in [4.78, 5) is 0. The summed E-state index contributed by atoms with van der Waals surface area (Å²) in [5, 5.41) is 0. The second-order valence-electron chi connectivity index (χ2n) is 5.62. The Morgan fingerprint density at radius 3 is 1.00 bits per heavy atom. The molecule has 0 nitrogen and oxygen atoms in total. The molecular weight excluding hydrogens is 471 g/mol. The average molecular weight is 494 g/mol. The number of hydrogen-bond acceptors (Lipinski definition) is 0. The van der Waals surface area contributed by atoms with E-state index in [1.54, 1.807) is 7.22 Å². The average Bonchev–Trinajstić information content (AvgIpc) is 2.30. The summed E-state index contributed by atoms with van der Waals surface area (Å²) >= 11 is -0.0406. The van der Waals surface area contributed by atoms with E-state index in [1.165, 1.54) is 33.4 Å². The molecule has 0 aliphatic rings. The van der Waals surface area contributed by atoms with E-state index in [0.717, 1.165) is 0 Å². The summed E-state index contributed by atoms with van der Waals surface area (Å²) in [7, 11) is 0. The van der Waals surface area contributed by atoms with Gasteiger partial charge in [-0.1, -0.05) is 0 Å². The second kappa shape index (κ2) is 6.85. The topological polar surface area (TPSA) is 0 Å². The van der Waals surface area contributed by atoms with Gasteiger partial charge in [-0.2, -0.15) is 0 Å². The van der Waals surface area contributed by atoms with Crippen molar-refractivity contribution in [3.63, 3.8) is 0 Å². The van der Waals surface area contributed by atoms with Crippen LogP contribution in [0.4, 0.5) is 0 Å². The first-order chi connectivity index (χ1) is 9.38. The minimum absolute atomic E-state index is 0.0203. The van der Waals surface area contributed by atoms with Gasteiger partial charge >= 0.3 is 141 Å². The van der Waals surface area contributed by atoms with Gasteiger partial charge in [0.25, 0.3) is 0 Å². The van der Waals surface area contributed by atoms with Crippen LogP contribution in [0.5, 0.6) is 0 Å². The van der Waals surface area contributed by atoms with Gasteiger partial charge in [0.2, 0.25) is 0 Å². The van der Waals surface area contributed by atoms with E-state index in [0.29, 0.717) is 0 Å². The van der Waals surface area contributed by atoms with Crippen LogP contribution in [0.25, 0.3) is 0 Å². The number of rotatable bonds is 3. The first kappa shape index (κ1) is 16.4. The molecule has 0 aliphatic carbocycles. The van der Waals surface area contributed by atoms with E-state index in [4.69, 9.17) is 0 Å². The van der Waals surface area contributed by atoms with Crippen LogP contribution >= 0.6 is 0 Å². The van der Waals surface area contributed by atoms with Crippen molar-refractivity contribution in [3.05, 3.63) is 57.6 Å². The van der Waals surface area contributed by atoms with Gasteiger partial charge in [-0.25, -0.2) is 0 Å². The first-order valence-corrected chi connectivity index (χ1v) is 16.5. The van der Waals surface area contributed by atoms with Crippen LogP contribution < -0.4 is 7.22 Å². The predicted molar refractivity (Wildman–Crippen MR) is 92.1 cm³/mol. The Balaban J connectivity index is 2.26. The van der Waals surface area contributed by atoms with Crippen LogP contribution in [0.15, 0.2) is 24.3 Å². The Hall–Kier alpha value is 0.0192. The Bertz CT molecular complexity index is 538. The molecule has 0 saturated carbocycles. The Morgan fingerprint density at radius 2 is 0.750 bits per heavy atom. The van der Waals surface area contributed by atoms with Crippen LogP contribution in [0.1, 0.15) is 33.4 Å². The molecule has 0 saturated heterocycles. The second-order valence-corrected chi connectivity index (χ2v) is 15.3. The van der Waals surface area contributed by atoms with E-state index in [9.17, 15) is 0 Å². The van der Waals surface area contributed by atoms with Gasteiger partial charge in [0, 0.05) is 0 Å². The van der Waals surface area contributed by atoms with Crippen molar-refractivity contribution in [2.75, 3.05) is 0 Å². The fourth-order valence-electron chi connectivity index (χ4n) is 2.68. The molecule has 2 aromatic carbocycles. The fraction of sp³-hybridized carbons (Fsp3) is 0.333. The van der Waals surface area contributed by atoms with Crippen LogP contribution in [0, 0.1) is 41.5 Å². The molecule has 0 fully saturated rings. The zero-order chi connectivity index (χ0) is 14.9. The van der Waals surface area contributed by atoms with Crippen molar-refractivity contribution in [1.82, 2.24) is 0 Å². The van der Waals surface area contributed by atoms with Gasteiger partial charge in [0.1, 0.15) is 0 Å². The maximum atomic E-state index is 2.36. The van der Waals surface area contributed by atoms with Crippen LogP contribution in [-0.2, 0) is 0 Å². The molecule has 0 N–H and O–H groups in total. The van der Waals surface area contributed by atoms with Crippen LogP contribution in [0.2, 0.25) is 0 Å². The minimum atomic E-state index is -0.0203.